The van der Waals surface area contributed by atoms with Crippen LogP contribution in [-0.2, 0) is 0 Å². The topological polar surface area (TPSA) is 38.5 Å². The summed E-state index contributed by atoms with van der Waals surface area (Å²) < 4.78 is 5.79. The zero-order chi connectivity index (χ0) is 13.0. The minimum absolute atomic E-state index is 0.0314. The molecule has 0 unspecified atom stereocenters. The first-order valence-corrected chi connectivity index (χ1v) is 6.74. The average Bonchev–Trinajstić information content (AvgIpc) is 2.34. The van der Waals surface area contributed by atoms with Gasteiger partial charge in [0.1, 0.15) is 5.75 Å². The third-order valence-corrected chi connectivity index (χ3v) is 3.84. The number of hydrogen-bond donors (Lipinski definition) is 1. The molecule has 1 saturated heterocycles. The zero-order valence-electron chi connectivity index (χ0n) is 11.5. The van der Waals surface area contributed by atoms with E-state index in [0.29, 0.717) is 6.61 Å². The van der Waals surface area contributed by atoms with Gasteiger partial charge in [-0.05, 0) is 64.0 Å². The summed E-state index contributed by atoms with van der Waals surface area (Å²) in [6.07, 6.45) is 3.08. The number of rotatable bonds is 4. The molecule has 0 radical (unpaired) electrons. The van der Waals surface area contributed by atoms with Gasteiger partial charge in [0.05, 0.1) is 6.61 Å². The van der Waals surface area contributed by atoms with E-state index in [1.54, 1.807) is 0 Å². The maximum Gasteiger partial charge on any atom is 0.119 e. The van der Waals surface area contributed by atoms with Crippen LogP contribution < -0.4 is 10.5 Å². The Bertz CT molecular complexity index is 384. The summed E-state index contributed by atoms with van der Waals surface area (Å²) in [6, 6.07) is 8.18. The van der Waals surface area contributed by atoms with Crippen LogP contribution in [0.1, 0.15) is 24.8 Å². The Kier molecular flexibility index (Phi) is 4.25. The molecular weight excluding hydrogens is 224 g/mol. The highest BCUT2D eigenvalue weighted by molar-refractivity contribution is 5.27. The van der Waals surface area contributed by atoms with Crippen molar-refractivity contribution < 1.29 is 4.74 Å². The number of nitrogens with zero attached hydrogens (tertiary/aromatic N) is 1. The lowest BCUT2D eigenvalue weighted by atomic mass is 9.86. The van der Waals surface area contributed by atoms with Crippen LogP contribution in [0.15, 0.2) is 24.3 Å². The minimum atomic E-state index is -0.0314. The summed E-state index contributed by atoms with van der Waals surface area (Å²) >= 11 is 0. The van der Waals surface area contributed by atoms with Gasteiger partial charge >= 0.3 is 0 Å². The van der Waals surface area contributed by atoms with Crippen molar-refractivity contribution in [2.75, 3.05) is 26.7 Å². The number of likely N-dealkylation sites (tertiary alicyclic amines) is 1. The molecule has 3 heteroatoms. The smallest absolute Gasteiger partial charge is 0.119 e. The van der Waals surface area contributed by atoms with Crippen molar-refractivity contribution in [2.24, 2.45) is 5.73 Å². The molecular formula is C15H24N2O. The molecule has 2 rings (SSSR count). The van der Waals surface area contributed by atoms with E-state index < -0.39 is 0 Å². The Morgan fingerprint density at radius 3 is 2.72 bits per heavy atom. The van der Waals surface area contributed by atoms with E-state index >= 15 is 0 Å². The first kappa shape index (κ1) is 13.4. The minimum Gasteiger partial charge on any atom is -0.494 e. The molecule has 2 N–H and O–H groups in total. The second kappa shape index (κ2) is 5.72. The van der Waals surface area contributed by atoms with Crippen LogP contribution in [-0.4, -0.2) is 37.2 Å². The highest BCUT2D eigenvalue weighted by Gasteiger charge is 2.29. The second-order valence-electron chi connectivity index (χ2n) is 5.58. The summed E-state index contributed by atoms with van der Waals surface area (Å²) in [7, 11) is 2.16. The van der Waals surface area contributed by atoms with E-state index in [4.69, 9.17) is 10.5 Å². The number of ether oxygens (including phenoxy) is 1. The van der Waals surface area contributed by atoms with E-state index in [1.807, 2.05) is 12.1 Å². The Hall–Kier alpha value is -1.06. The molecule has 3 nitrogen and oxygen atoms in total. The normalized spacial score (nSPS) is 19.7. The van der Waals surface area contributed by atoms with Crippen molar-refractivity contribution in [1.29, 1.82) is 0 Å². The van der Waals surface area contributed by atoms with Crippen LogP contribution in [0.3, 0.4) is 0 Å². The van der Waals surface area contributed by atoms with Gasteiger partial charge < -0.3 is 15.4 Å². The van der Waals surface area contributed by atoms with E-state index in [9.17, 15) is 0 Å². The molecule has 1 aliphatic heterocycles. The van der Waals surface area contributed by atoms with Gasteiger partial charge in [0.15, 0.2) is 0 Å². The highest BCUT2D eigenvalue weighted by atomic mass is 16.5. The summed E-state index contributed by atoms with van der Waals surface area (Å²) in [4.78, 5) is 2.34. The molecule has 1 aliphatic rings. The molecule has 0 aromatic heterocycles. The highest BCUT2D eigenvalue weighted by Crippen LogP contribution is 2.23. The Balaban J connectivity index is 1.78. The Morgan fingerprint density at radius 1 is 1.33 bits per heavy atom. The fraction of sp³-hybridized carbons (Fsp3) is 0.600. The van der Waals surface area contributed by atoms with Crippen molar-refractivity contribution in [3.8, 4) is 5.75 Å². The van der Waals surface area contributed by atoms with Crippen molar-refractivity contribution >= 4 is 0 Å². The number of piperidine rings is 1. The fourth-order valence-electron chi connectivity index (χ4n) is 2.39. The molecule has 1 aromatic carbocycles. The van der Waals surface area contributed by atoms with Gasteiger partial charge in [-0.1, -0.05) is 12.1 Å². The van der Waals surface area contributed by atoms with Crippen LogP contribution in [0, 0.1) is 6.92 Å². The maximum atomic E-state index is 6.41. The first-order chi connectivity index (χ1) is 8.57. The van der Waals surface area contributed by atoms with E-state index in [1.165, 1.54) is 5.56 Å². The molecule has 1 heterocycles. The monoisotopic (exact) mass is 248 g/mol. The molecule has 18 heavy (non-hydrogen) atoms. The summed E-state index contributed by atoms with van der Waals surface area (Å²) in [5, 5.41) is 0. The Morgan fingerprint density at radius 2 is 2.06 bits per heavy atom. The average molecular weight is 248 g/mol. The third-order valence-electron chi connectivity index (χ3n) is 3.84. The van der Waals surface area contributed by atoms with Crippen LogP contribution in [0.25, 0.3) is 0 Å². The second-order valence-corrected chi connectivity index (χ2v) is 5.58. The standard InChI is InChI=1S/C15H24N2O/c1-13-4-3-5-14(12-13)18-11-8-15(16)6-9-17(2)10-7-15/h3-5,12H,6-11,16H2,1-2H3. The van der Waals surface area contributed by atoms with E-state index in [2.05, 4.69) is 31.0 Å². The van der Waals surface area contributed by atoms with Gasteiger partial charge in [-0.3, -0.25) is 0 Å². The van der Waals surface area contributed by atoms with E-state index in [-0.39, 0.29) is 5.54 Å². The quantitative estimate of drug-likeness (QED) is 0.887. The summed E-state index contributed by atoms with van der Waals surface area (Å²) in [6.45, 7) is 4.99. The lowest BCUT2D eigenvalue weighted by Gasteiger charge is -2.37. The van der Waals surface area contributed by atoms with Crippen molar-refractivity contribution in [2.45, 2.75) is 31.7 Å². The molecule has 0 atom stereocenters. The SMILES string of the molecule is Cc1cccc(OCCC2(N)CCN(C)CC2)c1. The molecule has 0 aliphatic carbocycles. The van der Waals surface area contributed by atoms with Gasteiger partial charge in [-0.25, -0.2) is 0 Å². The number of benzene rings is 1. The zero-order valence-corrected chi connectivity index (χ0v) is 11.5. The van der Waals surface area contributed by atoms with Gasteiger partial charge in [0.2, 0.25) is 0 Å². The van der Waals surface area contributed by atoms with Crippen LogP contribution in [0.2, 0.25) is 0 Å². The lowest BCUT2D eigenvalue weighted by molar-refractivity contribution is 0.159. The molecule has 0 bridgehead atoms. The van der Waals surface area contributed by atoms with Crippen molar-refractivity contribution in [3.63, 3.8) is 0 Å². The number of nitrogens with two attached hydrogens (primary N) is 1. The summed E-state index contributed by atoms with van der Waals surface area (Å²) in [5.41, 5.74) is 7.61. The predicted octanol–water partition coefficient (Wildman–Crippen LogP) is 2.19. The molecule has 1 aromatic rings. The fourth-order valence-corrected chi connectivity index (χ4v) is 2.39. The van der Waals surface area contributed by atoms with Gasteiger partial charge in [0.25, 0.3) is 0 Å². The van der Waals surface area contributed by atoms with Gasteiger partial charge in [-0.15, -0.1) is 0 Å². The largest absolute Gasteiger partial charge is 0.494 e. The van der Waals surface area contributed by atoms with Crippen molar-refractivity contribution in [1.82, 2.24) is 4.90 Å². The lowest BCUT2D eigenvalue weighted by Crippen LogP contribution is -2.50. The maximum absolute atomic E-state index is 6.41. The predicted molar refractivity (Wildman–Crippen MR) is 74.9 cm³/mol. The Labute approximate surface area is 110 Å². The van der Waals surface area contributed by atoms with Crippen LogP contribution in [0.5, 0.6) is 5.75 Å². The number of hydrogen-bond acceptors (Lipinski definition) is 3. The molecule has 0 spiro atoms. The molecule has 0 amide bonds. The van der Waals surface area contributed by atoms with Gasteiger partial charge in [0, 0.05) is 5.54 Å². The van der Waals surface area contributed by atoms with Gasteiger partial charge in [-0.2, -0.15) is 0 Å². The van der Waals surface area contributed by atoms with Crippen LogP contribution >= 0.6 is 0 Å². The van der Waals surface area contributed by atoms with E-state index in [0.717, 1.165) is 38.1 Å². The van der Waals surface area contributed by atoms with Crippen molar-refractivity contribution in [3.05, 3.63) is 29.8 Å². The first-order valence-electron chi connectivity index (χ1n) is 6.74. The van der Waals surface area contributed by atoms with Crippen LogP contribution in [0.4, 0.5) is 0 Å². The third kappa shape index (κ3) is 3.72. The molecule has 100 valence electrons. The summed E-state index contributed by atoms with van der Waals surface area (Å²) in [5.74, 6) is 0.950. The molecule has 1 fully saturated rings. The molecule has 0 saturated carbocycles. The number of aryl methyl sites for hydroxylation is 1.